The third kappa shape index (κ3) is 2.09. The Morgan fingerprint density at radius 2 is 1.83 bits per heavy atom. The van der Waals surface area contributed by atoms with Crippen LogP contribution in [0.5, 0.6) is 0 Å². The summed E-state index contributed by atoms with van der Waals surface area (Å²) in [6.45, 7) is 10.7. The van der Waals surface area contributed by atoms with Crippen LogP contribution in [0.4, 0.5) is 0 Å². The van der Waals surface area contributed by atoms with Crippen molar-refractivity contribution in [2.24, 2.45) is 0 Å². The van der Waals surface area contributed by atoms with Gasteiger partial charge in [-0.15, -0.1) is 11.3 Å². The highest BCUT2D eigenvalue weighted by Gasteiger charge is 2.36. The van der Waals surface area contributed by atoms with Gasteiger partial charge in [0.2, 0.25) is 0 Å². The van der Waals surface area contributed by atoms with Crippen LogP contribution in [0.15, 0.2) is 47.5 Å². The Morgan fingerprint density at radius 3 is 2.54 bits per heavy atom. The maximum absolute atomic E-state index is 3.99. The van der Waals surface area contributed by atoms with E-state index in [0.717, 1.165) is 4.47 Å². The van der Waals surface area contributed by atoms with E-state index in [4.69, 9.17) is 0 Å². The maximum Gasteiger partial charge on any atom is 0.0361 e. The molecular formula is C22H19BrS. The molecule has 0 saturated heterocycles. The van der Waals surface area contributed by atoms with E-state index in [1.165, 1.54) is 42.8 Å². The van der Waals surface area contributed by atoms with Crippen molar-refractivity contribution in [3.05, 3.63) is 69.0 Å². The van der Waals surface area contributed by atoms with Gasteiger partial charge in [0.25, 0.3) is 0 Å². The summed E-state index contributed by atoms with van der Waals surface area (Å²) in [6.07, 6.45) is 6.29. The van der Waals surface area contributed by atoms with Gasteiger partial charge in [0.05, 0.1) is 0 Å². The van der Waals surface area contributed by atoms with Gasteiger partial charge in [-0.3, -0.25) is 0 Å². The summed E-state index contributed by atoms with van der Waals surface area (Å²) in [5.41, 5.74) is 6.87. The number of hydrogen-bond acceptors (Lipinski definition) is 1. The Bertz CT molecular complexity index is 1020. The van der Waals surface area contributed by atoms with Gasteiger partial charge in [-0.05, 0) is 59.0 Å². The molecule has 0 bridgehead atoms. The molecule has 0 fully saturated rings. The molecule has 2 heteroatoms. The van der Waals surface area contributed by atoms with Crippen LogP contribution in [0.1, 0.15) is 42.3 Å². The Balaban J connectivity index is 2.08. The fourth-order valence-electron chi connectivity index (χ4n) is 3.82. The van der Waals surface area contributed by atoms with E-state index in [9.17, 15) is 0 Å². The van der Waals surface area contributed by atoms with E-state index < -0.39 is 0 Å². The van der Waals surface area contributed by atoms with Gasteiger partial charge in [0.1, 0.15) is 0 Å². The van der Waals surface area contributed by atoms with Crippen molar-refractivity contribution in [1.82, 2.24) is 0 Å². The number of thiophene rings is 1. The van der Waals surface area contributed by atoms with Crippen LogP contribution in [0.25, 0.3) is 33.4 Å². The molecular weight excluding hydrogens is 376 g/mol. The number of rotatable bonds is 2. The predicted molar refractivity (Wildman–Crippen MR) is 112 cm³/mol. The lowest BCUT2D eigenvalue weighted by molar-refractivity contribution is 0.661. The monoisotopic (exact) mass is 394 g/mol. The van der Waals surface area contributed by atoms with Crippen LogP contribution in [-0.2, 0) is 5.41 Å². The van der Waals surface area contributed by atoms with Crippen LogP contribution >= 0.6 is 27.3 Å². The van der Waals surface area contributed by atoms with Crippen LogP contribution in [0.3, 0.4) is 0 Å². The fourth-order valence-corrected chi connectivity index (χ4v) is 5.25. The highest BCUT2D eigenvalue weighted by Crippen LogP contribution is 2.51. The zero-order chi connectivity index (χ0) is 17.1. The maximum atomic E-state index is 3.99. The molecule has 2 aromatic carbocycles. The zero-order valence-electron chi connectivity index (χ0n) is 14.1. The number of halogens is 1. The molecule has 24 heavy (non-hydrogen) atoms. The molecule has 0 amide bonds. The lowest BCUT2D eigenvalue weighted by atomic mass is 9.82. The smallest absolute Gasteiger partial charge is 0.0361 e. The first-order valence-electron chi connectivity index (χ1n) is 8.14. The van der Waals surface area contributed by atoms with Crippen molar-refractivity contribution in [3.8, 4) is 11.1 Å². The minimum atomic E-state index is 0.0200. The van der Waals surface area contributed by atoms with Crippen LogP contribution in [0, 0.1) is 0 Å². The SMILES string of the molecule is C=Cc1sc2cc3c(cc2c1/C=C\C)C(C)(C)c1cc(Br)ccc1-3. The summed E-state index contributed by atoms with van der Waals surface area (Å²) < 4.78 is 2.48. The summed E-state index contributed by atoms with van der Waals surface area (Å²) in [4.78, 5) is 1.25. The fraction of sp³-hybridized carbons (Fsp3) is 0.182. The topological polar surface area (TPSA) is 0 Å². The predicted octanol–water partition coefficient (Wildman–Crippen LogP) is 7.65. The molecule has 0 atom stereocenters. The first-order valence-corrected chi connectivity index (χ1v) is 9.75. The van der Waals surface area contributed by atoms with Crippen LogP contribution in [0.2, 0.25) is 0 Å². The van der Waals surface area contributed by atoms with E-state index >= 15 is 0 Å². The highest BCUT2D eigenvalue weighted by atomic mass is 79.9. The molecule has 1 heterocycles. The molecule has 4 rings (SSSR count). The Morgan fingerprint density at radius 1 is 1.08 bits per heavy atom. The molecule has 120 valence electrons. The van der Waals surface area contributed by atoms with E-state index in [0.29, 0.717) is 0 Å². The molecule has 0 aliphatic heterocycles. The van der Waals surface area contributed by atoms with Gasteiger partial charge >= 0.3 is 0 Å². The number of fused-ring (bicyclic) bond motifs is 4. The third-order valence-corrected chi connectivity index (χ3v) is 6.69. The van der Waals surface area contributed by atoms with Crippen molar-refractivity contribution < 1.29 is 0 Å². The summed E-state index contributed by atoms with van der Waals surface area (Å²) >= 11 is 5.46. The van der Waals surface area contributed by atoms with Gasteiger partial charge in [-0.1, -0.05) is 60.7 Å². The van der Waals surface area contributed by atoms with E-state index in [2.05, 4.69) is 85.8 Å². The standard InChI is InChI=1S/C22H19BrS/c1-5-7-15-17-11-19-16(12-21(17)24-20(15)6-2)14-9-8-13(23)10-18(14)22(19,3)4/h5-12H,2H2,1,3-4H3/b7-5-. The van der Waals surface area contributed by atoms with Gasteiger partial charge < -0.3 is 0 Å². The highest BCUT2D eigenvalue weighted by molar-refractivity contribution is 9.10. The molecule has 3 aromatic rings. The minimum Gasteiger partial charge on any atom is -0.135 e. The van der Waals surface area contributed by atoms with Crippen molar-refractivity contribution in [1.29, 1.82) is 0 Å². The summed E-state index contributed by atoms with van der Waals surface area (Å²) in [5.74, 6) is 0. The first-order chi connectivity index (χ1) is 11.5. The minimum absolute atomic E-state index is 0.0200. The number of hydrogen-bond donors (Lipinski definition) is 0. The molecule has 0 unspecified atom stereocenters. The average Bonchev–Trinajstić information content (AvgIpc) is 3.00. The third-order valence-electron chi connectivity index (χ3n) is 5.03. The van der Waals surface area contributed by atoms with E-state index in [1.54, 1.807) is 0 Å². The van der Waals surface area contributed by atoms with Crippen molar-refractivity contribution in [2.45, 2.75) is 26.2 Å². The van der Waals surface area contributed by atoms with E-state index in [-0.39, 0.29) is 5.41 Å². The summed E-state index contributed by atoms with van der Waals surface area (Å²) in [7, 11) is 0. The first kappa shape index (κ1) is 15.9. The largest absolute Gasteiger partial charge is 0.135 e. The van der Waals surface area contributed by atoms with E-state index in [1.807, 2.05) is 17.4 Å². The van der Waals surface area contributed by atoms with Gasteiger partial charge in [-0.25, -0.2) is 0 Å². The Kier molecular flexibility index (Phi) is 3.59. The molecule has 0 spiro atoms. The van der Waals surface area contributed by atoms with Crippen LogP contribution in [-0.4, -0.2) is 0 Å². The Hall–Kier alpha value is -1.64. The average molecular weight is 395 g/mol. The molecule has 1 aromatic heterocycles. The summed E-state index contributed by atoms with van der Waals surface area (Å²) in [5, 5.41) is 1.34. The van der Waals surface area contributed by atoms with Crippen LogP contribution < -0.4 is 0 Å². The van der Waals surface area contributed by atoms with Gasteiger partial charge in [0, 0.05) is 24.9 Å². The van der Waals surface area contributed by atoms with Crippen molar-refractivity contribution in [3.63, 3.8) is 0 Å². The molecule has 0 nitrogen and oxygen atoms in total. The van der Waals surface area contributed by atoms with Gasteiger partial charge in [0.15, 0.2) is 0 Å². The molecule has 0 radical (unpaired) electrons. The second-order valence-corrected chi connectivity index (χ2v) is 8.79. The molecule has 0 saturated carbocycles. The quantitative estimate of drug-likeness (QED) is 0.418. The Labute approximate surface area is 155 Å². The lowest BCUT2D eigenvalue weighted by Gasteiger charge is -2.21. The zero-order valence-corrected chi connectivity index (χ0v) is 16.5. The second kappa shape index (κ2) is 5.44. The lowest BCUT2D eigenvalue weighted by Crippen LogP contribution is -2.14. The summed E-state index contributed by atoms with van der Waals surface area (Å²) in [6, 6.07) is 11.4. The molecule has 0 N–H and O–H groups in total. The number of benzene rings is 2. The number of allylic oxidation sites excluding steroid dienone is 1. The van der Waals surface area contributed by atoms with Gasteiger partial charge in [-0.2, -0.15) is 0 Å². The molecule has 1 aliphatic rings. The second-order valence-electron chi connectivity index (χ2n) is 6.79. The van der Waals surface area contributed by atoms with Crippen molar-refractivity contribution >= 4 is 49.5 Å². The molecule has 1 aliphatic carbocycles. The van der Waals surface area contributed by atoms with Crippen molar-refractivity contribution in [2.75, 3.05) is 0 Å². The normalized spacial score (nSPS) is 15.0.